The Kier molecular flexibility index (Phi) is 8.46. The van der Waals surface area contributed by atoms with Crippen LogP contribution in [0, 0.1) is 5.92 Å². The van der Waals surface area contributed by atoms with Crippen molar-refractivity contribution >= 4 is 23.5 Å². The number of carbonyl (C=O) groups is 3. The van der Waals surface area contributed by atoms with E-state index in [0.29, 0.717) is 30.9 Å². The normalized spacial score (nSPS) is 20.6. The van der Waals surface area contributed by atoms with Gasteiger partial charge in [0.2, 0.25) is 5.91 Å². The van der Waals surface area contributed by atoms with Crippen molar-refractivity contribution in [3.05, 3.63) is 29.8 Å². The molecule has 3 rings (SSSR count). The molecule has 1 aromatic carbocycles. The molecule has 1 aliphatic heterocycles. The molecule has 0 aromatic heterocycles. The molecular weight excluding hydrogens is 396 g/mol. The summed E-state index contributed by atoms with van der Waals surface area (Å²) in [5.74, 6) is -1.09. The van der Waals surface area contributed by atoms with Crippen LogP contribution in [0.25, 0.3) is 0 Å². The second-order valence-electron chi connectivity index (χ2n) is 8.59. The molecule has 1 fully saturated rings. The average molecular weight is 431 g/mol. The van der Waals surface area contributed by atoms with Gasteiger partial charge in [0.25, 0.3) is 0 Å². The minimum atomic E-state index is -1.07. The highest BCUT2D eigenvalue weighted by Gasteiger charge is 2.34. The van der Waals surface area contributed by atoms with Crippen LogP contribution < -0.4 is 10.2 Å². The van der Waals surface area contributed by atoms with E-state index < -0.39 is 24.6 Å². The first-order valence-electron chi connectivity index (χ1n) is 11.5. The summed E-state index contributed by atoms with van der Waals surface area (Å²) >= 11 is 0. The highest BCUT2D eigenvalue weighted by Crippen LogP contribution is 2.29. The molecule has 7 nitrogen and oxygen atoms in total. The number of carboxylic acids is 1. The molecular formula is C24H34N2O5. The Hall–Kier alpha value is -2.41. The predicted molar refractivity (Wildman–Crippen MR) is 118 cm³/mol. The number of benzene rings is 1. The van der Waals surface area contributed by atoms with Gasteiger partial charge in [-0.1, -0.05) is 50.3 Å². The third kappa shape index (κ3) is 6.29. The van der Waals surface area contributed by atoms with Gasteiger partial charge in [-0.3, -0.25) is 24.6 Å². The van der Waals surface area contributed by atoms with Crippen LogP contribution in [0.1, 0.15) is 63.9 Å². The zero-order valence-electron chi connectivity index (χ0n) is 18.3. The number of hydrogen-bond acceptors (Lipinski definition) is 5. The van der Waals surface area contributed by atoms with E-state index in [1.807, 2.05) is 12.1 Å². The van der Waals surface area contributed by atoms with E-state index in [2.05, 4.69) is 5.32 Å². The molecule has 1 amide bonds. The molecule has 7 heteroatoms. The lowest BCUT2D eigenvalue weighted by Gasteiger charge is -2.28. The second-order valence-corrected chi connectivity index (χ2v) is 8.59. The van der Waals surface area contributed by atoms with Gasteiger partial charge in [0.15, 0.2) is 0 Å². The van der Waals surface area contributed by atoms with E-state index in [-0.39, 0.29) is 18.5 Å². The van der Waals surface area contributed by atoms with E-state index in [0.717, 1.165) is 12.0 Å². The highest BCUT2D eigenvalue weighted by molar-refractivity contribution is 6.02. The maximum absolute atomic E-state index is 13.3. The maximum atomic E-state index is 13.3. The number of anilines is 1. The summed E-state index contributed by atoms with van der Waals surface area (Å²) in [7, 11) is 0. The van der Waals surface area contributed by atoms with Gasteiger partial charge in [0.05, 0.1) is 12.6 Å². The summed E-state index contributed by atoms with van der Waals surface area (Å²) in [6.45, 7) is 1.66. The molecule has 170 valence electrons. The fourth-order valence-electron chi connectivity index (χ4n) is 4.80. The van der Waals surface area contributed by atoms with Gasteiger partial charge in [0, 0.05) is 5.69 Å². The lowest BCUT2D eigenvalue weighted by molar-refractivity contribution is -0.146. The smallest absolute Gasteiger partial charge is 0.323 e. The Labute approximate surface area is 184 Å². The summed E-state index contributed by atoms with van der Waals surface area (Å²) in [4.78, 5) is 38.7. The van der Waals surface area contributed by atoms with Crippen LogP contribution in [0.5, 0.6) is 0 Å². The number of nitrogens with one attached hydrogen (secondary N) is 1. The summed E-state index contributed by atoms with van der Waals surface area (Å²) in [6.07, 6.45) is 8.85. The number of hydrogen-bond donors (Lipinski definition) is 2. The van der Waals surface area contributed by atoms with Crippen LogP contribution in [0.4, 0.5) is 5.69 Å². The number of aliphatic carboxylic acids is 1. The number of para-hydroxylation sites is 1. The first kappa shape index (κ1) is 23.3. The van der Waals surface area contributed by atoms with Crippen molar-refractivity contribution in [1.82, 2.24) is 5.32 Å². The summed E-state index contributed by atoms with van der Waals surface area (Å²) in [6, 6.07) is 6.20. The largest absolute Gasteiger partial charge is 0.480 e. The van der Waals surface area contributed by atoms with Crippen LogP contribution in [0.15, 0.2) is 24.3 Å². The Morgan fingerprint density at radius 1 is 1.19 bits per heavy atom. The Morgan fingerprint density at radius 2 is 1.94 bits per heavy atom. The summed E-state index contributed by atoms with van der Waals surface area (Å²) in [5.41, 5.74) is 1.57. The monoisotopic (exact) mass is 430 g/mol. The van der Waals surface area contributed by atoms with E-state index in [9.17, 15) is 19.5 Å². The average Bonchev–Trinajstić information content (AvgIpc) is 2.89. The second kappa shape index (κ2) is 11.3. The first-order chi connectivity index (χ1) is 15.0. The molecule has 2 N–H and O–H groups in total. The molecule has 2 aliphatic rings. The van der Waals surface area contributed by atoms with Gasteiger partial charge < -0.3 is 9.84 Å². The molecule has 1 saturated carbocycles. The van der Waals surface area contributed by atoms with Gasteiger partial charge in [-0.25, -0.2) is 0 Å². The van der Waals surface area contributed by atoms with Gasteiger partial charge in [-0.15, -0.1) is 0 Å². The molecule has 1 unspecified atom stereocenters. The van der Waals surface area contributed by atoms with Crippen LogP contribution >= 0.6 is 0 Å². The number of ether oxygens (including phenoxy) is 1. The van der Waals surface area contributed by atoms with Gasteiger partial charge in [-0.2, -0.15) is 0 Å². The molecule has 1 aliphatic carbocycles. The topological polar surface area (TPSA) is 95.9 Å². The summed E-state index contributed by atoms with van der Waals surface area (Å²) in [5, 5.41) is 12.6. The lowest BCUT2D eigenvalue weighted by Crippen LogP contribution is -2.53. The Morgan fingerprint density at radius 3 is 2.65 bits per heavy atom. The van der Waals surface area contributed by atoms with Crippen molar-refractivity contribution in [3.8, 4) is 0 Å². The van der Waals surface area contributed by atoms with E-state index in [1.54, 1.807) is 19.1 Å². The molecule has 2 atom stereocenters. The van der Waals surface area contributed by atoms with E-state index >= 15 is 0 Å². The number of carboxylic acid groups (broad SMARTS) is 1. The van der Waals surface area contributed by atoms with Crippen molar-refractivity contribution in [2.75, 3.05) is 18.1 Å². The molecule has 0 bridgehead atoms. The Balaban J connectivity index is 1.74. The maximum Gasteiger partial charge on any atom is 0.323 e. The number of rotatable bonds is 9. The van der Waals surface area contributed by atoms with Gasteiger partial charge in [-0.05, 0) is 50.2 Å². The third-order valence-electron chi connectivity index (χ3n) is 6.40. The lowest BCUT2D eigenvalue weighted by atomic mass is 9.85. The number of nitrogens with zero attached hydrogens (tertiary/aromatic N) is 1. The zero-order chi connectivity index (χ0) is 22.2. The van der Waals surface area contributed by atoms with Crippen molar-refractivity contribution in [2.24, 2.45) is 5.92 Å². The standard InChI is InChI=1S/C24H34N2O5/c1-2-31-24(30)20(14-12-17-8-4-3-5-9-17)25-19-15-13-18-10-6-7-11-21(18)26(23(19)29)16-22(27)28/h6-7,10-11,17,19-20,25H,2-5,8-9,12-16H2,1H3,(H,27,28)/t19-,20?/m0/s1. The molecule has 1 aromatic rings. The van der Waals surface area contributed by atoms with Crippen LogP contribution in [-0.4, -0.2) is 48.2 Å². The van der Waals surface area contributed by atoms with Crippen LogP contribution in [-0.2, 0) is 25.5 Å². The number of amides is 1. The van der Waals surface area contributed by atoms with Gasteiger partial charge >= 0.3 is 11.9 Å². The Bertz CT molecular complexity index is 775. The van der Waals surface area contributed by atoms with E-state index in [1.165, 1.54) is 37.0 Å². The minimum Gasteiger partial charge on any atom is -0.480 e. The highest BCUT2D eigenvalue weighted by atomic mass is 16.5. The van der Waals surface area contributed by atoms with Crippen LogP contribution in [0.3, 0.4) is 0 Å². The fraction of sp³-hybridized carbons (Fsp3) is 0.625. The quantitative estimate of drug-likeness (QED) is 0.584. The number of aryl methyl sites for hydroxylation is 1. The predicted octanol–water partition coefficient (Wildman–Crippen LogP) is 3.30. The van der Waals surface area contributed by atoms with Crippen LogP contribution in [0.2, 0.25) is 0 Å². The van der Waals surface area contributed by atoms with Crippen molar-refractivity contribution in [3.63, 3.8) is 0 Å². The zero-order valence-corrected chi connectivity index (χ0v) is 18.3. The summed E-state index contributed by atoms with van der Waals surface area (Å²) < 4.78 is 5.28. The van der Waals surface area contributed by atoms with Gasteiger partial charge in [0.1, 0.15) is 12.6 Å². The number of carbonyl (C=O) groups excluding carboxylic acids is 2. The number of esters is 1. The van der Waals surface area contributed by atoms with Crippen molar-refractivity contribution in [1.29, 1.82) is 0 Å². The van der Waals surface area contributed by atoms with Crippen molar-refractivity contribution < 1.29 is 24.2 Å². The molecule has 0 saturated heterocycles. The molecule has 1 heterocycles. The molecule has 0 radical (unpaired) electrons. The SMILES string of the molecule is CCOC(=O)C(CCC1CCCCC1)N[C@H]1CCc2ccccc2N(CC(=O)O)C1=O. The van der Waals surface area contributed by atoms with E-state index in [4.69, 9.17) is 4.74 Å². The number of fused-ring (bicyclic) bond motifs is 1. The first-order valence-corrected chi connectivity index (χ1v) is 11.5. The van der Waals surface area contributed by atoms with Crippen molar-refractivity contribution in [2.45, 2.75) is 76.8 Å². The third-order valence-corrected chi connectivity index (χ3v) is 6.40. The molecule has 0 spiro atoms. The minimum absolute atomic E-state index is 0.287. The molecule has 31 heavy (non-hydrogen) atoms. The fourth-order valence-corrected chi connectivity index (χ4v) is 4.80.